The predicted molar refractivity (Wildman–Crippen MR) is 131 cm³/mol. The molecule has 7 heteroatoms. The third-order valence-corrected chi connectivity index (χ3v) is 5.71. The van der Waals surface area contributed by atoms with Crippen LogP contribution in [-0.2, 0) is 11.2 Å². The lowest BCUT2D eigenvalue weighted by molar-refractivity contribution is -0.129. The van der Waals surface area contributed by atoms with Crippen LogP contribution < -0.4 is 4.74 Å². The van der Waals surface area contributed by atoms with Gasteiger partial charge in [0.05, 0.1) is 19.2 Å². The number of aromatic amines is 1. The number of para-hydroxylation sites is 1. The van der Waals surface area contributed by atoms with Crippen molar-refractivity contribution in [3.63, 3.8) is 0 Å². The van der Waals surface area contributed by atoms with Crippen LogP contribution in [0.15, 0.2) is 60.8 Å². The van der Waals surface area contributed by atoms with Gasteiger partial charge >= 0.3 is 0 Å². The summed E-state index contributed by atoms with van der Waals surface area (Å²) in [5.41, 5.74) is 5.40. The van der Waals surface area contributed by atoms with E-state index in [2.05, 4.69) is 32.2 Å². The Balaban J connectivity index is 1.61. The predicted octanol–water partition coefficient (Wildman–Crippen LogP) is 3.86. The van der Waals surface area contributed by atoms with E-state index in [0.29, 0.717) is 18.6 Å². The lowest BCUT2D eigenvalue weighted by Gasteiger charge is -2.19. The fourth-order valence-electron chi connectivity index (χ4n) is 3.76. The number of rotatable bonds is 8. The van der Waals surface area contributed by atoms with Gasteiger partial charge in [-0.3, -0.25) is 9.89 Å². The topological polar surface area (TPSA) is 74.3 Å². The number of amides is 1. The van der Waals surface area contributed by atoms with Gasteiger partial charge in [0.2, 0.25) is 5.91 Å². The van der Waals surface area contributed by atoms with Crippen molar-refractivity contribution in [3.05, 3.63) is 66.4 Å². The van der Waals surface area contributed by atoms with Gasteiger partial charge in [-0.2, -0.15) is 5.10 Å². The van der Waals surface area contributed by atoms with Gasteiger partial charge in [0.15, 0.2) is 5.65 Å². The van der Waals surface area contributed by atoms with Crippen molar-refractivity contribution in [1.29, 1.82) is 0 Å². The number of nitrogens with one attached hydrogen (secondary N) is 1. The molecule has 0 fully saturated rings. The largest absolute Gasteiger partial charge is 0.496 e. The molecule has 0 bridgehead atoms. The molecule has 2 aromatic carbocycles. The number of H-pyrrole nitrogens is 1. The smallest absolute Gasteiger partial charge is 0.226 e. The summed E-state index contributed by atoms with van der Waals surface area (Å²) in [6.45, 7) is 1.55. The summed E-state index contributed by atoms with van der Waals surface area (Å²) in [7, 11) is 7.52. The van der Waals surface area contributed by atoms with Gasteiger partial charge in [-0.05, 0) is 43.4 Å². The van der Waals surface area contributed by atoms with Crippen LogP contribution in [0.1, 0.15) is 5.56 Å². The number of ether oxygens (including phenoxy) is 1. The maximum atomic E-state index is 12.6. The highest BCUT2D eigenvalue weighted by atomic mass is 16.5. The van der Waals surface area contributed by atoms with Gasteiger partial charge in [0, 0.05) is 42.8 Å². The first-order chi connectivity index (χ1) is 16.0. The Morgan fingerprint density at radius 1 is 1.00 bits per heavy atom. The Morgan fingerprint density at radius 3 is 2.61 bits per heavy atom. The molecule has 0 aliphatic heterocycles. The van der Waals surface area contributed by atoms with Crippen molar-refractivity contribution < 1.29 is 9.53 Å². The van der Waals surface area contributed by atoms with Crippen LogP contribution in [0.4, 0.5) is 0 Å². The van der Waals surface area contributed by atoms with E-state index in [1.165, 1.54) is 0 Å². The monoisotopic (exact) mass is 443 g/mol. The van der Waals surface area contributed by atoms with E-state index < -0.39 is 0 Å². The van der Waals surface area contributed by atoms with Crippen molar-refractivity contribution in [2.45, 2.75) is 6.42 Å². The first kappa shape index (κ1) is 22.5. The molecule has 0 unspecified atom stereocenters. The summed E-state index contributed by atoms with van der Waals surface area (Å²) >= 11 is 0. The standard InChI is InChI=1S/C26H29N5O2/c1-30(2)12-13-31(3)24(32)15-18-8-7-9-19(14-18)20-16-22-25(28-29-26(22)27-17-20)21-10-5-6-11-23(21)33-4/h5-11,14,16-17H,12-13,15H2,1-4H3,(H,27,28,29). The highest BCUT2D eigenvalue weighted by molar-refractivity contribution is 5.94. The zero-order valence-electron chi connectivity index (χ0n) is 19.5. The van der Waals surface area contributed by atoms with E-state index in [1.807, 2.05) is 69.8 Å². The number of benzene rings is 2. The number of carbonyl (C=O) groups excluding carboxylic acids is 1. The number of aromatic nitrogens is 3. The summed E-state index contributed by atoms with van der Waals surface area (Å²) in [5.74, 6) is 0.878. The first-order valence-corrected chi connectivity index (χ1v) is 10.9. The van der Waals surface area contributed by atoms with Crippen molar-refractivity contribution in [3.8, 4) is 28.1 Å². The molecule has 4 aromatic rings. The SMILES string of the molecule is COc1ccccc1-c1[nH]nc2ncc(-c3cccc(CC(=O)N(C)CCN(C)C)c3)cc12. The maximum Gasteiger partial charge on any atom is 0.226 e. The molecule has 7 nitrogen and oxygen atoms in total. The molecule has 0 aliphatic rings. The van der Waals surface area contributed by atoms with E-state index in [4.69, 9.17) is 4.74 Å². The molecule has 0 saturated heterocycles. The summed E-state index contributed by atoms with van der Waals surface area (Å²) in [5, 5.41) is 8.39. The van der Waals surface area contributed by atoms with E-state index in [0.717, 1.165) is 45.6 Å². The van der Waals surface area contributed by atoms with Gasteiger partial charge in [-0.25, -0.2) is 4.98 Å². The lowest BCUT2D eigenvalue weighted by atomic mass is 10.0. The van der Waals surface area contributed by atoms with Crippen molar-refractivity contribution in [2.75, 3.05) is 41.3 Å². The minimum absolute atomic E-state index is 0.107. The van der Waals surface area contributed by atoms with E-state index in [9.17, 15) is 4.79 Å². The summed E-state index contributed by atoms with van der Waals surface area (Å²) in [6.07, 6.45) is 2.19. The Kier molecular flexibility index (Phi) is 6.70. The minimum Gasteiger partial charge on any atom is -0.496 e. The number of hydrogen-bond acceptors (Lipinski definition) is 5. The first-order valence-electron chi connectivity index (χ1n) is 10.9. The molecule has 2 heterocycles. The second-order valence-corrected chi connectivity index (χ2v) is 8.39. The lowest BCUT2D eigenvalue weighted by Crippen LogP contribution is -2.34. The second-order valence-electron chi connectivity index (χ2n) is 8.39. The Bertz CT molecular complexity index is 1260. The number of hydrogen-bond donors (Lipinski definition) is 1. The summed E-state index contributed by atoms with van der Waals surface area (Å²) in [4.78, 5) is 21.1. The van der Waals surface area contributed by atoms with Crippen LogP contribution in [0.3, 0.4) is 0 Å². The maximum absolute atomic E-state index is 12.6. The van der Waals surface area contributed by atoms with Crippen LogP contribution in [0.25, 0.3) is 33.4 Å². The third kappa shape index (κ3) is 5.04. The van der Waals surface area contributed by atoms with Crippen LogP contribution in [0.2, 0.25) is 0 Å². The zero-order valence-corrected chi connectivity index (χ0v) is 19.5. The molecule has 0 spiro atoms. The van der Waals surface area contributed by atoms with Crippen LogP contribution in [0.5, 0.6) is 5.75 Å². The molecule has 33 heavy (non-hydrogen) atoms. The van der Waals surface area contributed by atoms with E-state index >= 15 is 0 Å². The number of nitrogens with zero attached hydrogens (tertiary/aromatic N) is 4. The van der Waals surface area contributed by atoms with Gasteiger partial charge in [-0.1, -0.05) is 36.4 Å². The normalized spacial score (nSPS) is 11.2. The quantitative estimate of drug-likeness (QED) is 0.448. The van der Waals surface area contributed by atoms with E-state index in [1.54, 1.807) is 12.0 Å². The zero-order chi connectivity index (χ0) is 23.4. The van der Waals surface area contributed by atoms with Crippen molar-refractivity contribution >= 4 is 16.9 Å². The average Bonchev–Trinajstić information content (AvgIpc) is 3.25. The fourth-order valence-corrected chi connectivity index (χ4v) is 3.76. The van der Waals surface area contributed by atoms with E-state index in [-0.39, 0.29) is 5.91 Å². The van der Waals surface area contributed by atoms with Gasteiger partial charge in [0.1, 0.15) is 5.75 Å². The Hall–Kier alpha value is -3.71. The number of carbonyl (C=O) groups is 1. The highest BCUT2D eigenvalue weighted by Crippen LogP contribution is 2.34. The molecule has 0 radical (unpaired) electrons. The highest BCUT2D eigenvalue weighted by Gasteiger charge is 2.15. The Morgan fingerprint density at radius 2 is 1.82 bits per heavy atom. The molecule has 0 aliphatic carbocycles. The van der Waals surface area contributed by atoms with Crippen LogP contribution in [0, 0.1) is 0 Å². The number of fused-ring (bicyclic) bond motifs is 1. The Labute approximate surface area is 194 Å². The van der Waals surface area contributed by atoms with Gasteiger partial charge in [0.25, 0.3) is 0 Å². The molecule has 0 atom stereocenters. The fraction of sp³-hybridized carbons (Fsp3) is 0.269. The van der Waals surface area contributed by atoms with Gasteiger partial charge < -0.3 is 14.5 Å². The molecular weight excluding hydrogens is 414 g/mol. The molecule has 0 saturated carbocycles. The van der Waals surface area contributed by atoms with Crippen LogP contribution >= 0.6 is 0 Å². The summed E-state index contributed by atoms with van der Waals surface area (Å²) in [6, 6.07) is 18.0. The van der Waals surface area contributed by atoms with Crippen molar-refractivity contribution in [1.82, 2.24) is 25.0 Å². The summed E-state index contributed by atoms with van der Waals surface area (Å²) < 4.78 is 5.53. The van der Waals surface area contributed by atoms with Crippen LogP contribution in [-0.4, -0.2) is 72.2 Å². The molecule has 1 N–H and O–H groups in total. The third-order valence-electron chi connectivity index (χ3n) is 5.71. The number of pyridine rings is 1. The number of methoxy groups -OCH3 is 1. The number of likely N-dealkylation sites (N-methyl/N-ethyl adjacent to an activating group) is 2. The molecule has 4 rings (SSSR count). The minimum atomic E-state index is 0.107. The molecular formula is C26H29N5O2. The second kappa shape index (κ2) is 9.83. The van der Waals surface area contributed by atoms with Crippen molar-refractivity contribution in [2.24, 2.45) is 0 Å². The molecule has 2 aromatic heterocycles. The van der Waals surface area contributed by atoms with Gasteiger partial charge in [-0.15, -0.1) is 0 Å². The molecule has 170 valence electrons. The molecule has 1 amide bonds. The average molecular weight is 444 g/mol.